The number of hydrogen-bond acceptors (Lipinski definition) is 2. The maximum atomic E-state index is 13.2. The lowest BCUT2D eigenvalue weighted by molar-refractivity contribution is -0.124. The number of allylic oxidation sites excluding steroid dienone is 10. The van der Waals surface area contributed by atoms with Gasteiger partial charge in [-0.1, -0.05) is 80.7 Å². The first kappa shape index (κ1) is 16.8. The first-order valence-electron chi connectivity index (χ1n) is 9.83. The molecule has 1 heterocycles. The highest BCUT2D eigenvalue weighted by Crippen LogP contribution is 2.55. The van der Waals surface area contributed by atoms with Gasteiger partial charge in [-0.3, -0.25) is 4.79 Å². The first-order valence-corrected chi connectivity index (χ1v) is 10.7. The number of Topliss-reactive ketones (excluding diaryl/α,β-unsaturated/α-hetero) is 1. The van der Waals surface area contributed by atoms with Gasteiger partial charge in [0.25, 0.3) is 0 Å². The highest BCUT2D eigenvalue weighted by Gasteiger charge is 2.46. The molecule has 0 aromatic heterocycles. The Morgan fingerprint density at radius 3 is 2.48 bits per heavy atom. The van der Waals surface area contributed by atoms with E-state index in [1.165, 1.54) is 32.8 Å². The van der Waals surface area contributed by atoms with E-state index in [-0.39, 0.29) is 17.8 Å². The quantitative estimate of drug-likeness (QED) is 0.563. The van der Waals surface area contributed by atoms with E-state index in [9.17, 15) is 4.79 Å². The summed E-state index contributed by atoms with van der Waals surface area (Å²) in [6.45, 7) is 4.00. The van der Waals surface area contributed by atoms with E-state index in [4.69, 9.17) is 0 Å². The van der Waals surface area contributed by atoms with Crippen LogP contribution < -0.4 is 0 Å². The van der Waals surface area contributed by atoms with Gasteiger partial charge in [-0.05, 0) is 33.9 Å². The van der Waals surface area contributed by atoms with Crippen LogP contribution in [0.25, 0.3) is 5.57 Å². The number of hydrogen-bond donors (Lipinski definition) is 0. The summed E-state index contributed by atoms with van der Waals surface area (Å²) in [5.74, 6) is 0.461. The second-order valence-corrected chi connectivity index (χ2v) is 8.33. The highest BCUT2D eigenvalue weighted by molar-refractivity contribution is 8.00. The Balaban J connectivity index is 0.000000777. The molecule has 0 saturated carbocycles. The zero-order valence-corrected chi connectivity index (χ0v) is 16.4. The number of benzene rings is 1. The maximum absolute atomic E-state index is 13.2. The second kappa shape index (κ2) is 6.38. The standard InChI is InChI=1S/C23H16OS.C2H6/c24-23-17-7-2-1-5-13(17)15-11-12-20-22-16(9-10-18(23)21(15)22)14-6-3-4-8-19(14)25-20;1-2/h1-13,17-18,20H;1-2H3. The number of carbonyl (C=O) groups is 1. The van der Waals surface area contributed by atoms with Gasteiger partial charge in [-0.25, -0.2) is 0 Å². The Bertz CT molecular complexity index is 1010. The van der Waals surface area contributed by atoms with Crippen molar-refractivity contribution in [1.29, 1.82) is 0 Å². The van der Waals surface area contributed by atoms with Crippen molar-refractivity contribution in [2.75, 3.05) is 0 Å². The summed E-state index contributed by atoms with van der Waals surface area (Å²) < 4.78 is 0. The van der Waals surface area contributed by atoms with Gasteiger partial charge in [0.2, 0.25) is 0 Å². The van der Waals surface area contributed by atoms with E-state index >= 15 is 0 Å². The number of ketones is 1. The van der Waals surface area contributed by atoms with E-state index in [0.29, 0.717) is 11.0 Å². The van der Waals surface area contributed by atoms with Crippen molar-refractivity contribution in [2.24, 2.45) is 17.8 Å². The number of thioether (sulfide) groups is 1. The van der Waals surface area contributed by atoms with Gasteiger partial charge >= 0.3 is 0 Å². The van der Waals surface area contributed by atoms with Crippen molar-refractivity contribution in [1.82, 2.24) is 0 Å². The molecule has 2 heteroatoms. The summed E-state index contributed by atoms with van der Waals surface area (Å²) in [6.07, 6.45) is 17.4. The predicted molar refractivity (Wildman–Crippen MR) is 113 cm³/mol. The van der Waals surface area contributed by atoms with Gasteiger partial charge in [0, 0.05) is 16.7 Å². The first-order chi connectivity index (χ1) is 13.3. The van der Waals surface area contributed by atoms with Crippen molar-refractivity contribution in [2.45, 2.75) is 24.0 Å². The molecule has 0 bridgehead atoms. The lowest BCUT2D eigenvalue weighted by Crippen LogP contribution is -2.39. The molecule has 27 heavy (non-hydrogen) atoms. The molecular formula is C25H22OS. The summed E-state index contributed by atoms with van der Waals surface area (Å²) in [5, 5.41) is 0.323. The van der Waals surface area contributed by atoms with Gasteiger partial charge in [-0.2, -0.15) is 0 Å². The van der Waals surface area contributed by atoms with Crippen LogP contribution in [0.4, 0.5) is 0 Å². The van der Waals surface area contributed by atoms with Gasteiger partial charge in [0.05, 0.1) is 11.2 Å². The minimum absolute atomic E-state index is 0.00900. The minimum Gasteiger partial charge on any atom is -0.298 e. The van der Waals surface area contributed by atoms with E-state index in [2.05, 4.69) is 66.8 Å². The molecule has 5 aliphatic rings. The van der Waals surface area contributed by atoms with Crippen molar-refractivity contribution >= 4 is 23.1 Å². The van der Waals surface area contributed by atoms with Crippen molar-refractivity contribution in [3.8, 4) is 0 Å². The fourth-order valence-electron chi connectivity index (χ4n) is 4.88. The van der Waals surface area contributed by atoms with Gasteiger partial charge in [-0.15, -0.1) is 11.8 Å². The maximum Gasteiger partial charge on any atom is 0.151 e. The lowest BCUT2D eigenvalue weighted by Gasteiger charge is -2.43. The van der Waals surface area contributed by atoms with Crippen LogP contribution >= 0.6 is 11.8 Å². The molecule has 1 nitrogen and oxygen atoms in total. The molecule has 4 aliphatic carbocycles. The fourth-order valence-corrected chi connectivity index (χ4v) is 6.15. The Morgan fingerprint density at radius 1 is 0.852 bits per heavy atom. The summed E-state index contributed by atoms with van der Waals surface area (Å²) in [5.41, 5.74) is 6.64. The third-order valence-electron chi connectivity index (χ3n) is 5.95. The zero-order chi connectivity index (χ0) is 18.5. The molecule has 1 aromatic carbocycles. The smallest absolute Gasteiger partial charge is 0.151 e. The molecule has 4 unspecified atom stereocenters. The van der Waals surface area contributed by atoms with Crippen LogP contribution in [0.2, 0.25) is 0 Å². The molecular weight excluding hydrogens is 348 g/mol. The van der Waals surface area contributed by atoms with Crippen LogP contribution in [-0.4, -0.2) is 11.0 Å². The van der Waals surface area contributed by atoms with E-state index in [1.807, 2.05) is 31.7 Å². The minimum atomic E-state index is -0.0792. The molecule has 0 N–H and O–H groups in total. The topological polar surface area (TPSA) is 17.1 Å². The SMILES string of the molecule is CC.O=C1C2C=CC3=C4C2=C(C=CC4Sc2ccccc23)C2C=CC=CC12. The molecule has 0 spiro atoms. The molecule has 6 rings (SSSR count). The number of carbonyl (C=O) groups excluding carboxylic acids is 1. The molecule has 0 radical (unpaired) electrons. The largest absolute Gasteiger partial charge is 0.298 e. The molecule has 4 atom stereocenters. The van der Waals surface area contributed by atoms with Crippen LogP contribution in [0.1, 0.15) is 19.4 Å². The van der Waals surface area contributed by atoms with Gasteiger partial charge in [0.15, 0.2) is 5.78 Å². The zero-order valence-electron chi connectivity index (χ0n) is 15.6. The Hall–Kier alpha value is -2.32. The Kier molecular flexibility index (Phi) is 3.98. The average molecular weight is 371 g/mol. The summed E-state index contributed by atoms with van der Waals surface area (Å²) in [4.78, 5) is 14.5. The molecule has 0 amide bonds. The Labute approximate surface area is 164 Å². The average Bonchev–Trinajstić information content (AvgIpc) is 2.75. The number of fused-ring (bicyclic) bond motifs is 4. The van der Waals surface area contributed by atoms with Crippen LogP contribution in [0.15, 0.2) is 94.5 Å². The third kappa shape index (κ3) is 2.29. The monoisotopic (exact) mass is 370 g/mol. The second-order valence-electron chi connectivity index (χ2n) is 7.15. The van der Waals surface area contributed by atoms with E-state index < -0.39 is 0 Å². The Morgan fingerprint density at radius 2 is 1.63 bits per heavy atom. The molecule has 0 fully saturated rings. The summed E-state index contributed by atoms with van der Waals surface area (Å²) in [6, 6.07) is 8.63. The van der Waals surface area contributed by atoms with E-state index in [1.54, 1.807) is 0 Å². The third-order valence-corrected chi connectivity index (χ3v) is 7.21. The summed E-state index contributed by atoms with van der Waals surface area (Å²) >= 11 is 1.91. The molecule has 0 saturated heterocycles. The van der Waals surface area contributed by atoms with Gasteiger partial charge < -0.3 is 0 Å². The van der Waals surface area contributed by atoms with Crippen LogP contribution in [0, 0.1) is 17.8 Å². The van der Waals surface area contributed by atoms with Crippen molar-refractivity contribution in [3.63, 3.8) is 0 Å². The molecule has 134 valence electrons. The van der Waals surface area contributed by atoms with Crippen LogP contribution in [-0.2, 0) is 4.79 Å². The van der Waals surface area contributed by atoms with E-state index in [0.717, 1.165) is 0 Å². The summed E-state index contributed by atoms with van der Waals surface area (Å²) in [7, 11) is 0. The highest BCUT2D eigenvalue weighted by atomic mass is 32.2. The fraction of sp³-hybridized carbons (Fsp3) is 0.240. The van der Waals surface area contributed by atoms with Crippen molar-refractivity contribution in [3.05, 3.63) is 95.2 Å². The molecule has 1 aromatic rings. The van der Waals surface area contributed by atoms with Crippen molar-refractivity contribution < 1.29 is 4.79 Å². The van der Waals surface area contributed by atoms with Crippen LogP contribution in [0.3, 0.4) is 0 Å². The predicted octanol–water partition coefficient (Wildman–Crippen LogP) is 5.93. The lowest BCUT2D eigenvalue weighted by atomic mass is 9.62. The number of rotatable bonds is 0. The van der Waals surface area contributed by atoms with Gasteiger partial charge in [0.1, 0.15) is 0 Å². The normalized spacial score (nSPS) is 31.1. The van der Waals surface area contributed by atoms with Crippen LogP contribution in [0.5, 0.6) is 0 Å². The molecule has 1 aliphatic heterocycles.